The number of unbranched alkanes of at least 4 members (excludes halogenated alkanes) is 6. The lowest BCUT2D eigenvalue weighted by molar-refractivity contribution is -0.137. The van der Waals surface area contributed by atoms with E-state index in [0.29, 0.717) is 6.61 Å². The number of allylic oxidation sites excluding steroid dienone is 1. The number of esters is 1. The third-order valence-corrected chi connectivity index (χ3v) is 3.31. The normalized spacial score (nSPS) is 10.3. The minimum Gasteiger partial charge on any atom is -0.463 e. The molecule has 0 saturated heterocycles. The molecular formula is C17H32O2. The maximum Gasteiger partial charge on any atom is 0.330 e. The molecule has 0 saturated carbocycles. The number of rotatable bonds is 12. The zero-order valence-electron chi connectivity index (χ0n) is 13.2. The molecule has 0 radical (unpaired) electrons. The van der Waals surface area contributed by atoms with Crippen LogP contribution in [0.3, 0.4) is 0 Å². The van der Waals surface area contributed by atoms with Gasteiger partial charge in [0.2, 0.25) is 0 Å². The van der Waals surface area contributed by atoms with Gasteiger partial charge in [-0.1, -0.05) is 57.9 Å². The molecule has 0 N–H and O–H groups in total. The third kappa shape index (κ3) is 12.0. The van der Waals surface area contributed by atoms with E-state index < -0.39 is 0 Å². The summed E-state index contributed by atoms with van der Waals surface area (Å²) in [5, 5.41) is 0. The molecule has 112 valence electrons. The van der Waals surface area contributed by atoms with Crippen molar-refractivity contribution in [1.82, 2.24) is 0 Å². The molecule has 2 nitrogen and oxygen atoms in total. The highest BCUT2D eigenvalue weighted by Gasteiger charge is 2.03. The van der Waals surface area contributed by atoms with E-state index in [2.05, 4.69) is 13.8 Å². The second-order valence-electron chi connectivity index (χ2n) is 5.18. The van der Waals surface area contributed by atoms with Gasteiger partial charge in [-0.15, -0.1) is 0 Å². The summed E-state index contributed by atoms with van der Waals surface area (Å²) in [6.45, 7) is 6.77. The molecule has 0 aliphatic carbocycles. The summed E-state index contributed by atoms with van der Waals surface area (Å²) in [6.07, 6.45) is 13.9. The van der Waals surface area contributed by atoms with Crippen LogP contribution in [0.5, 0.6) is 0 Å². The first-order valence-electron chi connectivity index (χ1n) is 8.10. The molecule has 0 amide bonds. The van der Waals surface area contributed by atoms with Crippen LogP contribution in [0.2, 0.25) is 0 Å². The first kappa shape index (κ1) is 18.2. The number of hydrogen-bond donors (Lipinski definition) is 0. The molecule has 0 spiro atoms. The van der Waals surface area contributed by atoms with E-state index in [1.807, 2.05) is 6.92 Å². The molecule has 0 rings (SSSR count). The van der Waals surface area contributed by atoms with E-state index in [9.17, 15) is 4.79 Å². The largest absolute Gasteiger partial charge is 0.463 e. The summed E-state index contributed by atoms with van der Waals surface area (Å²) in [7, 11) is 0. The van der Waals surface area contributed by atoms with Gasteiger partial charge in [-0.25, -0.2) is 4.79 Å². The average Bonchev–Trinajstić information content (AvgIpc) is 2.39. The molecule has 0 bridgehead atoms. The molecule has 0 fully saturated rings. The van der Waals surface area contributed by atoms with Gasteiger partial charge in [-0.05, 0) is 32.6 Å². The summed E-state index contributed by atoms with van der Waals surface area (Å²) in [5.74, 6) is -0.163. The molecule has 0 aromatic heterocycles. The Kier molecular flexibility index (Phi) is 13.1. The number of hydrogen-bond acceptors (Lipinski definition) is 2. The fraction of sp³-hybridized carbons (Fsp3) is 0.824. The van der Waals surface area contributed by atoms with Gasteiger partial charge in [-0.3, -0.25) is 0 Å². The highest BCUT2D eigenvalue weighted by Crippen LogP contribution is 2.17. The maximum atomic E-state index is 11.5. The Morgan fingerprint density at radius 3 is 1.79 bits per heavy atom. The van der Waals surface area contributed by atoms with Gasteiger partial charge >= 0.3 is 5.97 Å². The monoisotopic (exact) mass is 268 g/mol. The Morgan fingerprint density at radius 2 is 1.37 bits per heavy atom. The third-order valence-electron chi connectivity index (χ3n) is 3.31. The standard InChI is InChI=1S/C17H32O2/c1-4-7-9-11-13-16(14-12-10-8-5-2)15-17(18)19-6-3/h15H,4-14H2,1-3H3. The Hall–Kier alpha value is -0.790. The fourth-order valence-corrected chi connectivity index (χ4v) is 2.18. The van der Waals surface area contributed by atoms with Gasteiger partial charge < -0.3 is 4.74 Å². The zero-order chi connectivity index (χ0) is 14.3. The molecule has 2 heteroatoms. The van der Waals surface area contributed by atoms with Crippen LogP contribution < -0.4 is 0 Å². The topological polar surface area (TPSA) is 26.3 Å². The molecular weight excluding hydrogens is 236 g/mol. The van der Waals surface area contributed by atoms with E-state index in [0.717, 1.165) is 12.8 Å². The van der Waals surface area contributed by atoms with Crippen LogP contribution in [-0.4, -0.2) is 12.6 Å². The minimum atomic E-state index is -0.163. The van der Waals surface area contributed by atoms with Crippen LogP contribution in [0.15, 0.2) is 11.6 Å². The SMILES string of the molecule is CCCCCCC(=CC(=O)OCC)CCCCCC. The van der Waals surface area contributed by atoms with Crippen molar-refractivity contribution in [3.63, 3.8) is 0 Å². The molecule has 19 heavy (non-hydrogen) atoms. The number of ether oxygens (including phenoxy) is 1. The van der Waals surface area contributed by atoms with Crippen LogP contribution in [0, 0.1) is 0 Å². The Bertz CT molecular complexity index is 230. The number of carbonyl (C=O) groups excluding carboxylic acids is 1. The van der Waals surface area contributed by atoms with E-state index in [1.54, 1.807) is 6.08 Å². The smallest absolute Gasteiger partial charge is 0.330 e. The number of carbonyl (C=O) groups is 1. The molecule has 0 aliphatic rings. The second kappa shape index (κ2) is 13.6. The Morgan fingerprint density at radius 1 is 0.842 bits per heavy atom. The van der Waals surface area contributed by atoms with E-state index >= 15 is 0 Å². The predicted octanol–water partition coefficient (Wildman–Crippen LogP) is 5.42. The van der Waals surface area contributed by atoms with Crippen LogP contribution in [-0.2, 0) is 9.53 Å². The van der Waals surface area contributed by atoms with Gasteiger partial charge in [0.25, 0.3) is 0 Å². The van der Waals surface area contributed by atoms with E-state index in [4.69, 9.17) is 4.74 Å². The van der Waals surface area contributed by atoms with Gasteiger partial charge in [0.1, 0.15) is 0 Å². The Labute approximate surface area is 119 Å². The van der Waals surface area contributed by atoms with Crippen LogP contribution in [0.25, 0.3) is 0 Å². The van der Waals surface area contributed by atoms with E-state index in [-0.39, 0.29) is 5.97 Å². The molecule has 0 heterocycles. The van der Waals surface area contributed by atoms with Crippen molar-refractivity contribution < 1.29 is 9.53 Å². The summed E-state index contributed by atoms with van der Waals surface area (Å²) >= 11 is 0. The fourth-order valence-electron chi connectivity index (χ4n) is 2.18. The lowest BCUT2D eigenvalue weighted by Gasteiger charge is -2.07. The van der Waals surface area contributed by atoms with Crippen molar-refractivity contribution in [1.29, 1.82) is 0 Å². The second-order valence-corrected chi connectivity index (χ2v) is 5.18. The van der Waals surface area contributed by atoms with Crippen molar-refractivity contribution in [2.24, 2.45) is 0 Å². The quantitative estimate of drug-likeness (QED) is 0.268. The first-order chi connectivity index (χ1) is 9.24. The van der Waals surface area contributed by atoms with Gasteiger partial charge in [0, 0.05) is 6.08 Å². The first-order valence-corrected chi connectivity index (χ1v) is 8.10. The van der Waals surface area contributed by atoms with Gasteiger partial charge in [-0.2, -0.15) is 0 Å². The minimum absolute atomic E-state index is 0.163. The summed E-state index contributed by atoms with van der Waals surface area (Å²) in [6, 6.07) is 0. The average molecular weight is 268 g/mol. The van der Waals surface area contributed by atoms with Gasteiger partial charge in [0.15, 0.2) is 0 Å². The van der Waals surface area contributed by atoms with Gasteiger partial charge in [0.05, 0.1) is 6.61 Å². The molecule has 0 aliphatic heterocycles. The van der Waals surface area contributed by atoms with Crippen LogP contribution >= 0.6 is 0 Å². The zero-order valence-corrected chi connectivity index (χ0v) is 13.2. The van der Waals surface area contributed by atoms with Crippen LogP contribution in [0.4, 0.5) is 0 Å². The lowest BCUT2D eigenvalue weighted by atomic mass is 10.00. The maximum absolute atomic E-state index is 11.5. The molecule has 0 aromatic rings. The molecule has 0 unspecified atom stereocenters. The van der Waals surface area contributed by atoms with Crippen LogP contribution in [0.1, 0.15) is 85.0 Å². The van der Waals surface area contributed by atoms with Crippen molar-refractivity contribution in [3.05, 3.63) is 11.6 Å². The van der Waals surface area contributed by atoms with E-state index in [1.165, 1.54) is 56.9 Å². The van der Waals surface area contributed by atoms with Crippen molar-refractivity contribution >= 4 is 5.97 Å². The predicted molar refractivity (Wildman–Crippen MR) is 82.2 cm³/mol. The highest BCUT2D eigenvalue weighted by molar-refractivity contribution is 5.82. The highest BCUT2D eigenvalue weighted by atomic mass is 16.5. The van der Waals surface area contributed by atoms with Crippen molar-refractivity contribution in [2.45, 2.75) is 85.0 Å². The summed E-state index contributed by atoms with van der Waals surface area (Å²) < 4.78 is 5.01. The molecule has 0 aromatic carbocycles. The summed E-state index contributed by atoms with van der Waals surface area (Å²) in [4.78, 5) is 11.5. The van der Waals surface area contributed by atoms with Crippen molar-refractivity contribution in [3.8, 4) is 0 Å². The summed E-state index contributed by atoms with van der Waals surface area (Å²) in [5.41, 5.74) is 1.28. The van der Waals surface area contributed by atoms with Crippen molar-refractivity contribution in [2.75, 3.05) is 6.61 Å². The lowest BCUT2D eigenvalue weighted by Crippen LogP contribution is -2.01. The Balaban J connectivity index is 4.09. The molecule has 0 atom stereocenters.